The normalized spacial score (nSPS) is 16.4. The zero-order valence-electron chi connectivity index (χ0n) is 18.0. The number of benzene rings is 1. The fourth-order valence-electron chi connectivity index (χ4n) is 3.29. The molecule has 1 amide bonds. The van der Waals surface area contributed by atoms with Gasteiger partial charge in [-0.1, -0.05) is 45.0 Å². The molecule has 1 aliphatic rings. The molecule has 1 unspecified atom stereocenters. The first-order chi connectivity index (χ1) is 13.3. The Balaban J connectivity index is 1.91. The highest BCUT2D eigenvalue weighted by molar-refractivity contribution is 5.79. The maximum absolute atomic E-state index is 11.8. The van der Waals surface area contributed by atoms with Gasteiger partial charge in [0.2, 0.25) is 5.91 Å². The topological polar surface area (TPSA) is 66.0 Å². The van der Waals surface area contributed by atoms with Crippen molar-refractivity contribution in [2.45, 2.75) is 59.7 Å². The van der Waals surface area contributed by atoms with Gasteiger partial charge in [0, 0.05) is 39.7 Å². The van der Waals surface area contributed by atoms with Crippen LogP contribution in [0.4, 0.5) is 0 Å². The Hall–Kier alpha value is -2.08. The molecular formula is C22H36N4O2. The van der Waals surface area contributed by atoms with Crippen LogP contribution >= 0.6 is 0 Å². The van der Waals surface area contributed by atoms with Crippen LogP contribution in [0.3, 0.4) is 0 Å². The molecule has 2 N–H and O–H groups in total. The second kappa shape index (κ2) is 10.5. The van der Waals surface area contributed by atoms with Gasteiger partial charge in [-0.15, -0.1) is 0 Å². The molecule has 0 aliphatic carbocycles. The molecule has 1 aromatic rings. The van der Waals surface area contributed by atoms with Crippen molar-refractivity contribution in [3.8, 4) is 0 Å². The van der Waals surface area contributed by atoms with E-state index in [9.17, 15) is 4.79 Å². The third kappa shape index (κ3) is 6.82. The summed E-state index contributed by atoms with van der Waals surface area (Å²) in [5.41, 5.74) is 2.37. The van der Waals surface area contributed by atoms with Crippen molar-refractivity contribution >= 4 is 11.9 Å². The lowest BCUT2D eigenvalue weighted by molar-refractivity contribution is -0.128. The van der Waals surface area contributed by atoms with Gasteiger partial charge in [0.15, 0.2) is 5.96 Å². The number of methoxy groups -OCH3 is 1. The number of likely N-dealkylation sites (tertiary alicyclic amines) is 1. The van der Waals surface area contributed by atoms with Crippen molar-refractivity contribution in [1.29, 1.82) is 0 Å². The number of carbonyl (C=O) groups excluding carboxylic acids is 1. The van der Waals surface area contributed by atoms with E-state index in [0.717, 1.165) is 31.0 Å². The number of hydrogen-bond acceptors (Lipinski definition) is 3. The molecule has 0 bridgehead atoms. The van der Waals surface area contributed by atoms with E-state index < -0.39 is 0 Å². The molecule has 0 aromatic heterocycles. The highest BCUT2D eigenvalue weighted by Crippen LogP contribution is 2.21. The van der Waals surface area contributed by atoms with E-state index in [4.69, 9.17) is 9.73 Å². The number of nitrogens with one attached hydrogen (secondary N) is 2. The minimum absolute atomic E-state index is 0.0611. The smallest absolute Gasteiger partial charge is 0.222 e. The fraction of sp³-hybridized carbons (Fsp3) is 0.636. The Morgan fingerprint density at radius 1 is 1.21 bits per heavy atom. The molecule has 1 saturated heterocycles. The highest BCUT2D eigenvalue weighted by Gasteiger charge is 2.24. The Morgan fingerprint density at radius 2 is 1.89 bits per heavy atom. The zero-order valence-corrected chi connectivity index (χ0v) is 18.0. The molecular weight excluding hydrogens is 352 g/mol. The summed E-state index contributed by atoms with van der Waals surface area (Å²) in [6, 6.07) is 8.38. The molecule has 1 aromatic carbocycles. The number of ether oxygens (including phenoxy) is 1. The first-order valence-corrected chi connectivity index (χ1v) is 10.2. The largest absolute Gasteiger partial charge is 0.379 e. The van der Waals surface area contributed by atoms with E-state index in [-0.39, 0.29) is 17.4 Å². The lowest BCUT2D eigenvalue weighted by Gasteiger charge is -2.30. The number of guanidine groups is 1. The van der Waals surface area contributed by atoms with Crippen LogP contribution in [0.2, 0.25) is 0 Å². The summed E-state index contributed by atoms with van der Waals surface area (Å²) in [4.78, 5) is 18.4. The molecule has 0 saturated carbocycles. The minimum Gasteiger partial charge on any atom is -0.379 e. The number of nitrogens with zero attached hydrogens (tertiary/aromatic N) is 2. The van der Waals surface area contributed by atoms with Crippen LogP contribution in [-0.4, -0.2) is 49.6 Å². The number of carbonyl (C=O) groups is 1. The van der Waals surface area contributed by atoms with Crippen molar-refractivity contribution in [2.24, 2.45) is 10.4 Å². The molecule has 156 valence electrons. The third-order valence-electron chi connectivity index (χ3n) is 5.04. The molecule has 1 fully saturated rings. The van der Waals surface area contributed by atoms with Crippen molar-refractivity contribution in [3.05, 3.63) is 35.4 Å². The van der Waals surface area contributed by atoms with Crippen LogP contribution < -0.4 is 10.6 Å². The summed E-state index contributed by atoms with van der Waals surface area (Å²) in [5, 5.41) is 6.67. The first-order valence-electron chi connectivity index (χ1n) is 10.2. The van der Waals surface area contributed by atoms with Gasteiger partial charge < -0.3 is 20.3 Å². The minimum atomic E-state index is 0.0611. The molecule has 1 aliphatic heterocycles. The standard InChI is InChI=1S/C22H36N4O2/c1-6-23-21(25-15-19(28-5)22(2,3)4)24-14-17-9-11-18(12-10-17)16-26-13-7-8-20(26)27/h9-12,19H,6-8,13-16H2,1-5H3,(H2,23,24,25). The van der Waals surface area contributed by atoms with Gasteiger partial charge in [0.05, 0.1) is 12.6 Å². The molecule has 0 radical (unpaired) electrons. The Kier molecular flexibility index (Phi) is 8.30. The lowest BCUT2D eigenvalue weighted by Crippen LogP contribution is -2.45. The van der Waals surface area contributed by atoms with Crippen LogP contribution in [0.15, 0.2) is 29.3 Å². The molecule has 6 nitrogen and oxygen atoms in total. The van der Waals surface area contributed by atoms with Gasteiger partial charge in [0.1, 0.15) is 0 Å². The van der Waals surface area contributed by atoms with Crippen molar-refractivity contribution in [3.63, 3.8) is 0 Å². The highest BCUT2D eigenvalue weighted by atomic mass is 16.5. The fourth-order valence-corrected chi connectivity index (χ4v) is 3.29. The maximum Gasteiger partial charge on any atom is 0.222 e. The molecule has 28 heavy (non-hydrogen) atoms. The van der Waals surface area contributed by atoms with Gasteiger partial charge in [0.25, 0.3) is 0 Å². The van der Waals surface area contributed by atoms with Gasteiger partial charge in [-0.25, -0.2) is 4.99 Å². The Bertz CT molecular complexity index is 649. The monoisotopic (exact) mass is 388 g/mol. The lowest BCUT2D eigenvalue weighted by atomic mass is 9.89. The average molecular weight is 389 g/mol. The van der Waals surface area contributed by atoms with Gasteiger partial charge >= 0.3 is 0 Å². The summed E-state index contributed by atoms with van der Waals surface area (Å²) < 4.78 is 5.61. The summed E-state index contributed by atoms with van der Waals surface area (Å²) in [6.45, 7) is 12.3. The van der Waals surface area contributed by atoms with Crippen molar-refractivity contribution < 1.29 is 9.53 Å². The van der Waals surface area contributed by atoms with E-state index in [1.807, 2.05) is 4.90 Å². The van der Waals surface area contributed by atoms with Crippen molar-refractivity contribution in [1.82, 2.24) is 15.5 Å². The SMILES string of the molecule is CCNC(=NCc1ccc(CN2CCCC2=O)cc1)NCC(OC)C(C)(C)C. The Labute approximate surface area is 169 Å². The summed E-state index contributed by atoms with van der Waals surface area (Å²) in [5.74, 6) is 1.06. The quantitative estimate of drug-likeness (QED) is 0.531. The van der Waals surface area contributed by atoms with E-state index >= 15 is 0 Å². The van der Waals surface area contributed by atoms with Crippen molar-refractivity contribution in [2.75, 3.05) is 26.7 Å². The van der Waals surface area contributed by atoms with E-state index in [0.29, 0.717) is 26.1 Å². The van der Waals surface area contributed by atoms with Crippen LogP contribution in [0, 0.1) is 5.41 Å². The van der Waals surface area contributed by atoms with Gasteiger partial charge in [-0.3, -0.25) is 4.79 Å². The van der Waals surface area contributed by atoms with E-state index in [2.05, 4.69) is 62.6 Å². The number of rotatable bonds is 8. The van der Waals surface area contributed by atoms with Crippen LogP contribution in [0.5, 0.6) is 0 Å². The maximum atomic E-state index is 11.8. The second-order valence-corrected chi connectivity index (χ2v) is 8.40. The molecule has 1 atom stereocenters. The number of amides is 1. The molecule has 6 heteroatoms. The van der Waals surface area contributed by atoms with Gasteiger partial charge in [-0.2, -0.15) is 0 Å². The molecule has 0 spiro atoms. The number of aliphatic imine (C=N–C) groups is 1. The van der Waals surface area contributed by atoms with E-state index in [1.54, 1.807) is 7.11 Å². The van der Waals surface area contributed by atoms with Crippen LogP contribution in [0.1, 0.15) is 51.7 Å². The van der Waals surface area contributed by atoms with Crippen LogP contribution in [0.25, 0.3) is 0 Å². The average Bonchev–Trinajstić information content (AvgIpc) is 3.05. The molecule has 1 heterocycles. The first kappa shape index (κ1) is 22.2. The number of hydrogen-bond donors (Lipinski definition) is 2. The predicted molar refractivity (Wildman–Crippen MR) is 114 cm³/mol. The molecule has 2 rings (SSSR count). The summed E-state index contributed by atoms with van der Waals surface area (Å²) in [7, 11) is 1.75. The Morgan fingerprint density at radius 3 is 2.43 bits per heavy atom. The van der Waals surface area contributed by atoms with E-state index in [1.165, 1.54) is 5.56 Å². The van der Waals surface area contributed by atoms with Crippen LogP contribution in [-0.2, 0) is 22.6 Å². The second-order valence-electron chi connectivity index (χ2n) is 8.40. The predicted octanol–water partition coefficient (Wildman–Crippen LogP) is 2.93. The third-order valence-corrected chi connectivity index (χ3v) is 5.04. The summed E-state index contributed by atoms with van der Waals surface area (Å²) >= 11 is 0. The summed E-state index contributed by atoms with van der Waals surface area (Å²) in [6.07, 6.45) is 1.76. The zero-order chi connectivity index (χ0) is 20.6. The van der Waals surface area contributed by atoms with Gasteiger partial charge in [-0.05, 0) is 29.9 Å².